The second-order valence-electron chi connectivity index (χ2n) is 5.07. The number of amidine groups is 1. The molecule has 1 heterocycles. The van der Waals surface area contributed by atoms with Crippen LogP contribution in [-0.2, 0) is 9.47 Å². The number of rotatable bonds is 8. The topological polar surface area (TPSA) is 72.4 Å². The van der Waals surface area contributed by atoms with Gasteiger partial charge in [0, 0.05) is 40.0 Å². The van der Waals surface area contributed by atoms with Crippen LogP contribution in [0.4, 0.5) is 4.39 Å². The van der Waals surface area contributed by atoms with Crippen LogP contribution >= 0.6 is 0 Å². The van der Waals surface area contributed by atoms with Crippen LogP contribution in [0.3, 0.4) is 0 Å². The summed E-state index contributed by atoms with van der Waals surface area (Å²) in [6.45, 7) is 3.10. The molecule has 1 saturated heterocycles. The Morgan fingerprint density at radius 3 is 2.68 bits per heavy atom. The minimum atomic E-state index is 0.164. The molecule has 1 rings (SSSR count). The van der Waals surface area contributed by atoms with E-state index in [1.165, 1.54) is 0 Å². The molecule has 0 aromatic rings. The summed E-state index contributed by atoms with van der Waals surface area (Å²) in [6, 6.07) is 0. The highest BCUT2D eigenvalue weighted by Crippen LogP contribution is 2.13. The molecule has 0 unspecified atom stereocenters. The largest absolute Gasteiger partial charge is 0.381 e. The number of nitrogens with two attached hydrogens (primary N) is 1. The van der Waals surface area contributed by atoms with E-state index in [9.17, 15) is 4.39 Å². The van der Waals surface area contributed by atoms with Gasteiger partial charge in [-0.3, -0.25) is 9.98 Å². The third kappa shape index (κ3) is 6.64. The Morgan fingerprint density at radius 1 is 1.41 bits per heavy atom. The molecule has 0 amide bonds. The molecule has 0 bridgehead atoms. The van der Waals surface area contributed by atoms with Crippen molar-refractivity contribution >= 4 is 12.1 Å². The fraction of sp³-hybridized carbons (Fsp3) is 0.733. The minimum Gasteiger partial charge on any atom is -0.381 e. The number of halogens is 1. The van der Waals surface area contributed by atoms with Crippen molar-refractivity contribution in [3.63, 3.8) is 0 Å². The van der Waals surface area contributed by atoms with Crippen molar-refractivity contribution in [3.05, 3.63) is 11.9 Å². The summed E-state index contributed by atoms with van der Waals surface area (Å²) in [4.78, 5) is 10.9. The number of aliphatic imine (C=N–C) groups is 2. The van der Waals surface area contributed by atoms with E-state index in [-0.39, 0.29) is 13.2 Å². The molecule has 0 aromatic carbocycles. The SMILES string of the molecule is CN=C(CN=CCOC/C(=C\F)CN)N1CCC(OC)CC1. The van der Waals surface area contributed by atoms with Crippen LogP contribution in [0, 0.1) is 0 Å². The zero-order valence-corrected chi connectivity index (χ0v) is 13.5. The number of likely N-dealkylation sites (tertiary alicyclic amines) is 1. The molecule has 1 aliphatic heterocycles. The normalized spacial score (nSPS) is 18.5. The number of ether oxygens (including phenoxy) is 2. The first-order valence-corrected chi connectivity index (χ1v) is 7.52. The van der Waals surface area contributed by atoms with Gasteiger partial charge in [0.1, 0.15) is 5.84 Å². The molecule has 1 fully saturated rings. The lowest BCUT2D eigenvalue weighted by atomic mass is 10.1. The minimum absolute atomic E-state index is 0.164. The summed E-state index contributed by atoms with van der Waals surface area (Å²) in [6.07, 6.45) is 4.55. The highest BCUT2D eigenvalue weighted by Gasteiger charge is 2.20. The van der Waals surface area contributed by atoms with E-state index in [1.54, 1.807) is 20.4 Å². The molecule has 2 N–H and O–H groups in total. The molecule has 0 spiro atoms. The van der Waals surface area contributed by atoms with Gasteiger partial charge in [0.05, 0.1) is 32.2 Å². The lowest BCUT2D eigenvalue weighted by Crippen LogP contribution is -2.41. The van der Waals surface area contributed by atoms with Gasteiger partial charge in [-0.25, -0.2) is 4.39 Å². The van der Waals surface area contributed by atoms with Crippen LogP contribution in [0.2, 0.25) is 0 Å². The van der Waals surface area contributed by atoms with Gasteiger partial charge in [0.15, 0.2) is 0 Å². The first-order valence-electron chi connectivity index (χ1n) is 7.52. The lowest BCUT2D eigenvalue weighted by molar-refractivity contribution is 0.0576. The standard InChI is InChI=1S/C15H27FN4O2/c1-18-15(20-6-3-14(21-2)4-7-20)11-19-5-8-22-12-13(9-16)10-17/h5,9,14H,3-4,6-8,10-12,17H2,1-2H3/b13-9-,18-15?,19-5?. The number of piperidine rings is 1. The molecule has 7 heteroatoms. The fourth-order valence-electron chi connectivity index (χ4n) is 2.24. The average Bonchev–Trinajstić information content (AvgIpc) is 2.58. The van der Waals surface area contributed by atoms with E-state index in [1.807, 2.05) is 0 Å². The highest BCUT2D eigenvalue weighted by atomic mass is 19.1. The van der Waals surface area contributed by atoms with E-state index < -0.39 is 0 Å². The summed E-state index contributed by atoms with van der Waals surface area (Å²) in [7, 11) is 3.54. The zero-order chi connectivity index (χ0) is 16.2. The van der Waals surface area contributed by atoms with Gasteiger partial charge in [-0.2, -0.15) is 0 Å². The predicted octanol–water partition coefficient (Wildman–Crippen LogP) is 1.03. The molecule has 0 atom stereocenters. The van der Waals surface area contributed by atoms with Crippen molar-refractivity contribution in [2.75, 3.05) is 53.6 Å². The highest BCUT2D eigenvalue weighted by molar-refractivity contribution is 5.85. The quantitative estimate of drug-likeness (QED) is 0.412. The van der Waals surface area contributed by atoms with Gasteiger partial charge < -0.3 is 20.1 Å². The van der Waals surface area contributed by atoms with Crippen molar-refractivity contribution in [1.82, 2.24) is 4.90 Å². The fourth-order valence-corrected chi connectivity index (χ4v) is 2.24. The summed E-state index contributed by atoms with van der Waals surface area (Å²) >= 11 is 0. The lowest BCUT2D eigenvalue weighted by Gasteiger charge is -2.33. The van der Waals surface area contributed by atoms with Gasteiger partial charge in [-0.15, -0.1) is 0 Å². The Balaban J connectivity index is 2.25. The van der Waals surface area contributed by atoms with Crippen LogP contribution in [0.25, 0.3) is 0 Å². The second kappa shape index (κ2) is 11.3. The number of hydrogen-bond donors (Lipinski definition) is 1. The van der Waals surface area contributed by atoms with E-state index in [2.05, 4.69) is 14.9 Å². The Kier molecular flexibility index (Phi) is 9.61. The molecule has 1 aliphatic rings. The van der Waals surface area contributed by atoms with Gasteiger partial charge >= 0.3 is 0 Å². The maximum absolute atomic E-state index is 12.3. The Labute approximate surface area is 131 Å². The zero-order valence-electron chi connectivity index (χ0n) is 13.5. The van der Waals surface area contributed by atoms with Gasteiger partial charge in [-0.1, -0.05) is 0 Å². The van der Waals surface area contributed by atoms with Crippen molar-refractivity contribution in [3.8, 4) is 0 Å². The molecule has 0 aromatic heterocycles. The first-order chi connectivity index (χ1) is 10.7. The summed E-state index contributed by atoms with van der Waals surface area (Å²) in [5.41, 5.74) is 5.77. The van der Waals surface area contributed by atoms with Crippen LogP contribution in [-0.4, -0.2) is 76.6 Å². The van der Waals surface area contributed by atoms with Gasteiger partial charge in [0.2, 0.25) is 0 Å². The van der Waals surface area contributed by atoms with E-state index >= 15 is 0 Å². The molecule has 0 radical (unpaired) electrons. The van der Waals surface area contributed by atoms with E-state index in [0.717, 1.165) is 31.8 Å². The Bertz CT molecular complexity index is 391. The van der Waals surface area contributed by atoms with Crippen molar-refractivity contribution in [2.45, 2.75) is 18.9 Å². The Hall–Kier alpha value is -1.31. The van der Waals surface area contributed by atoms with Crippen molar-refractivity contribution in [1.29, 1.82) is 0 Å². The predicted molar refractivity (Wildman–Crippen MR) is 87.4 cm³/mol. The number of nitrogens with zero attached hydrogens (tertiary/aromatic N) is 3. The molecule has 6 nitrogen and oxygen atoms in total. The van der Waals surface area contributed by atoms with Crippen LogP contribution in [0.15, 0.2) is 21.9 Å². The molecule has 0 saturated carbocycles. The van der Waals surface area contributed by atoms with Crippen LogP contribution < -0.4 is 5.73 Å². The van der Waals surface area contributed by atoms with Crippen molar-refractivity contribution < 1.29 is 13.9 Å². The third-order valence-electron chi connectivity index (χ3n) is 3.66. The van der Waals surface area contributed by atoms with Gasteiger partial charge in [-0.05, 0) is 18.4 Å². The van der Waals surface area contributed by atoms with E-state index in [0.29, 0.717) is 31.2 Å². The molecule has 0 aliphatic carbocycles. The summed E-state index contributed by atoms with van der Waals surface area (Å²) < 4.78 is 22.9. The summed E-state index contributed by atoms with van der Waals surface area (Å²) in [5.74, 6) is 0.970. The second-order valence-corrected chi connectivity index (χ2v) is 5.07. The Morgan fingerprint density at radius 2 is 2.14 bits per heavy atom. The maximum Gasteiger partial charge on any atom is 0.120 e. The first kappa shape index (κ1) is 18.7. The van der Waals surface area contributed by atoms with E-state index in [4.69, 9.17) is 15.2 Å². The number of hydrogen-bond acceptors (Lipinski definition) is 5. The van der Waals surface area contributed by atoms with Crippen molar-refractivity contribution in [2.24, 2.45) is 15.7 Å². The van der Waals surface area contributed by atoms with Crippen LogP contribution in [0.1, 0.15) is 12.8 Å². The monoisotopic (exact) mass is 314 g/mol. The maximum atomic E-state index is 12.3. The molecular weight excluding hydrogens is 287 g/mol. The van der Waals surface area contributed by atoms with Gasteiger partial charge in [0.25, 0.3) is 0 Å². The molecular formula is C15H27FN4O2. The molecule has 126 valence electrons. The third-order valence-corrected chi connectivity index (χ3v) is 3.66. The summed E-state index contributed by atoms with van der Waals surface area (Å²) in [5, 5.41) is 0. The smallest absolute Gasteiger partial charge is 0.120 e. The van der Waals surface area contributed by atoms with Crippen LogP contribution in [0.5, 0.6) is 0 Å². The number of methoxy groups -OCH3 is 1. The molecule has 22 heavy (non-hydrogen) atoms. The average molecular weight is 314 g/mol.